The van der Waals surface area contributed by atoms with E-state index in [9.17, 15) is 12.8 Å². The molecule has 5 atom stereocenters. The molecule has 3 saturated heterocycles. The normalized spacial score (nSPS) is 33.7. The third-order valence-electron chi connectivity index (χ3n) is 7.15. The molecular formula is C22H34FN3O3S. The van der Waals surface area contributed by atoms with Gasteiger partial charge in [0.05, 0.1) is 18.0 Å². The standard InChI is InChI=1S/C22H34FN3O3S/c1-14(2)30(27,28)26-8-4-5-16-11-25(12-21(16)26)18-10-20(24)22(29-13-18)19-9-17(23)7-6-15(19)3/h6-7,9,14,16,18,20-22H,4-5,8,10-13,24H2,1-3H3/t16?,18-,20+,21?,22-/m1/s1. The predicted octanol–water partition coefficient (Wildman–Crippen LogP) is 2.43. The molecule has 8 heteroatoms. The molecular weight excluding hydrogens is 405 g/mol. The molecule has 0 amide bonds. The van der Waals surface area contributed by atoms with Crippen molar-refractivity contribution in [2.75, 3.05) is 26.2 Å². The zero-order valence-corrected chi connectivity index (χ0v) is 18.9. The summed E-state index contributed by atoms with van der Waals surface area (Å²) in [5, 5.41) is -0.396. The summed E-state index contributed by atoms with van der Waals surface area (Å²) in [4.78, 5) is 2.37. The molecule has 0 aromatic heterocycles. The molecule has 3 aliphatic rings. The van der Waals surface area contributed by atoms with Crippen molar-refractivity contribution in [2.45, 2.75) is 69.5 Å². The maximum atomic E-state index is 13.8. The Morgan fingerprint density at radius 3 is 2.73 bits per heavy atom. The van der Waals surface area contributed by atoms with E-state index in [2.05, 4.69) is 4.90 Å². The van der Waals surface area contributed by atoms with E-state index in [-0.39, 0.29) is 30.0 Å². The molecule has 2 N–H and O–H groups in total. The minimum atomic E-state index is -3.26. The Kier molecular flexibility index (Phi) is 6.25. The number of hydrogen-bond acceptors (Lipinski definition) is 5. The second-order valence-corrected chi connectivity index (χ2v) is 11.9. The maximum Gasteiger partial charge on any atom is 0.216 e. The van der Waals surface area contributed by atoms with Crippen LogP contribution in [0.2, 0.25) is 0 Å². The molecule has 168 valence electrons. The SMILES string of the molecule is Cc1ccc(F)cc1[C@H]1OC[C@H](N2CC3CCCN(S(=O)(=O)C(C)C)C3C2)C[C@@H]1N. The number of piperidine rings is 1. The molecule has 1 aromatic carbocycles. The lowest BCUT2D eigenvalue weighted by molar-refractivity contribution is -0.0468. The largest absolute Gasteiger partial charge is 0.370 e. The molecule has 4 rings (SSSR count). The van der Waals surface area contributed by atoms with Gasteiger partial charge in [-0.25, -0.2) is 12.8 Å². The number of benzene rings is 1. The summed E-state index contributed by atoms with van der Waals surface area (Å²) in [6.07, 6.45) is 2.44. The minimum absolute atomic E-state index is 0.0468. The first kappa shape index (κ1) is 22.1. The van der Waals surface area contributed by atoms with Crippen molar-refractivity contribution in [2.24, 2.45) is 11.7 Å². The lowest BCUT2D eigenvalue weighted by atomic mass is 9.91. The molecule has 3 aliphatic heterocycles. The van der Waals surface area contributed by atoms with E-state index in [4.69, 9.17) is 10.5 Å². The van der Waals surface area contributed by atoms with Crippen LogP contribution in [0, 0.1) is 18.7 Å². The molecule has 0 saturated carbocycles. The Labute approximate surface area is 179 Å². The monoisotopic (exact) mass is 439 g/mol. The fourth-order valence-corrected chi connectivity index (χ4v) is 6.93. The van der Waals surface area contributed by atoms with Gasteiger partial charge in [0.2, 0.25) is 10.0 Å². The number of sulfonamides is 1. The Bertz CT molecular complexity index is 878. The van der Waals surface area contributed by atoms with Crippen LogP contribution in [-0.2, 0) is 14.8 Å². The summed E-state index contributed by atoms with van der Waals surface area (Å²) < 4.78 is 47.4. The van der Waals surface area contributed by atoms with Gasteiger partial charge in [0, 0.05) is 37.8 Å². The molecule has 1 aromatic rings. The number of fused-ring (bicyclic) bond motifs is 1. The third-order valence-corrected chi connectivity index (χ3v) is 9.44. The lowest BCUT2D eigenvalue weighted by Gasteiger charge is -2.39. The van der Waals surface area contributed by atoms with Crippen LogP contribution in [0.15, 0.2) is 18.2 Å². The Morgan fingerprint density at radius 2 is 2.03 bits per heavy atom. The van der Waals surface area contributed by atoms with Gasteiger partial charge in [0.1, 0.15) is 5.82 Å². The molecule has 30 heavy (non-hydrogen) atoms. The molecule has 0 spiro atoms. The first-order chi connectivity index (χ1) is 14.2. The van der Waals surface area contributed by atoms with E-state index in [0.29, 0.717) is 19.1 Å². The number of ether oxygens (including phenoxy) is 1. The summed E-state index contributed by atoms with van der Waals surface area (Å²) in [7, 11) is -3.26. The van der Waals surface area contributed by atoms with Crippen molar-refractivity contribution in [3.8, 4) is 0 Å². The molecule has 3 fully saturated rings. The number of aryl methyl sites for hydroxylation is 1. The average Bonchev–Trinajstić information content (AvgIpc) is 3.14. The van der Waals surface area contributed by atoms with Crippen LogP contribution < -0.4 is 5.73 Å². The Balaban J connectivity index is 1.45. The molecule has 0 radical (unpaired) electrons. The smallest absolute Gasteiger partial charge is 0.216 e. The highest BCUT2D eigenvalue weighted by Gasteiger charge is 2.47. The van der Waals surface area contributed by atoms with E-state index in [1.165, 1.54) is 12.1 Å². The third kappa shape index (κ3) is 4.05. The summed E-state index contributed by atoms with van der Waals surface area (Å²) in [5.41, 5.74) is 8.30. The van der Waals surface area contributed by atoms with Crippen molar-refractivity contribution in [1.29, 1.82) is 0 Å². The zero-order valence-electron chi connectivity index (χ0n) is 18.1. The fourth-order valence-electron chi connectivity index (χ4n) is 5.39. The van der Waals surface area contributed by atoms with Gasteiger partial charge in [-0.3, -0.25) is 4.90 Å². The van der Waals surface area contributed by atoms with Crippen LogP contribution in [0.4, 0.5) is 4.39 Å². The van der Waals surface area contributed by atoms with Crippen LogP contribution >= 0.6 is 0 Å². The van der Waals surface area contributed by atoms with Crippen molar-refractivity contribution in [3.63, 3.8) is 0 Å². The van der Waals surface area contributed by atoms with Crippen LogP contribution in [0.5, 0.6) is 0 Å². The van der Waals surface area contributed by atoms with Crippen molar-refractivity contribution < 1.29 is 17.5 Å². The van der Waals surface area contributed by atoms with Crippen LogP contribution in [0.3, 0.4) is 0 Å². The quantitative estimate of drug-likeness (QED) is 0.780. The molecule has 3 heterocycles. The summed E-state index contributed by atoms with van der Waals surface area (Å²) in [5.74, 6) is 0.0929. The number of likely N-dealkylation sites (tertiary alicyclic amines) is 1. The van der Waals surface area contributed by atoms with Crippen molar-refractivity contribution in [1.82, 2.24) is 9.21 Å². The fraction of sp³-hybridized carbons (Fsp3) is 0.727. The summed E-state index contributed by atoms with van der Waals surface area (Å²) in [6, 6.07) is 4.74. The van der Waals surface area contributed by atoms with Gasteiger partial charge < -0.3 is 10.5 Å². The van der Waals surface area contributed by atoms with E-state index >= 15 is 0 Å². The van der Waals surface area contributed by atoms with Gasteiger partial charge in [0.15, 0.2) is 0 Å². The molecule has 6 nitrogen and oxygen atoms in total. The number of nitrogens with two attached hydrogens (primary N) is 1. The van der Waals surface area contributed by atoms with Crippen LogP contribution in [0.25, 0.3) is 0 Å². The van der Waals surface area contributed by atoms with E-state index in [1.54, 1.807) is 24.2 Å². The second kappa shape index (κ2) is 8.47. The number of nitrogens with zero attached hydrogens (tertiary/aromatic N) is 2. The first-order valence-corrected chi connectivity index (χ1v) is 12.6. The van der Waals surface area contributed by atoms with E-state index in [0.717, 1.165) is 43.5 Å². The lowest BCUT2D eigenvalue weighted by Crippen LogP contribution is -2.51. The maximum absolute atomic E-state index is 13.8. The second-order valence-electron chi connectivity index (χ2n) is 9.44. The number of halogens is 1. The topological polar surface area (TPSA) is 75.9 Å². The van der Waals surface area contributed by atoms with Crippen LogP contribution in [0.1, 0.15) is 50.3 Å². The van der Waals surface area contributed by atoms with Gasteiger partial charge >= 0.3 is 0 Å². The van der Waals surface area contributed by atoms with Gasteiger partial charge in [0.25, 0.3) is 0 Å². The minimum Gasteiger partial charge on any atom is -0.370 e. The zero-order chi connectivity index (χ0) is 21.6. The van der Waals surface area contributed by atoms with Crippen molar-refractivity contribution in [3.05, 3.63) is 35.1 Å². The summed E-state index contributed by atoms with van der Waals surface area (Å²) >= 11 is 0. The first-order valence-electron chi connectivity index (χ1n) is 11.1. The Morgan fingerprint density at radius 1 is 1.27 bits per heavy atom. The highest BCUT2D eigenvalue weighted by molar-refractivity contribution is 7.89. The molecule has 2 unspecified atom stereocenters. The Hall–Kier alpha value is -1.06. The number of hydrogen-bond donors (Lipinski definition) is 1. The van der Waals surface area contributed by atoms with Gasteiger partial charge in [-0.15, -0.1) is 0 Å². The van der Waals surface area contributed by atoms with Gasteiger partial charge in [-0.05, 0) is 69.2 Å². The highest BCUT2D eigenvalue weighted by Crippen LogP contribution is 2.37. The number of rotatable bonds is 4. The van der Waals surface area contributed by atoms with E-state index < -0.39 is 15.3 Å². The van der Waals surface area contributed by atoms with Crippen LogP contribution in [-0.4, -0.2) is 67.2 Å². The van der Waals surface area contributed by atoms with Gasteiger partial charge in [-0.1, -0.05) is 6.07 Å². The summed E-state index contributed by atoms with van der Waals surface area (Å²) in [6.45, 7) is 8.25. The molecule has 0 bridgehead atoms. The van der Waals surface area contributed by atoms with Crippen molar-refractivity contribution >= 4 is 10.0 Å². The predicted molar refractivity (Wildman–Crippen MR) is 115 cm³/mol. The highest BCUT2D eigenvalue weighted by atomic mass is 32.2. The molecule has 0 aliphatic carbocycles. The van der Waals surface area contributed by atoms with Gasteiger partial charge in [-0.2, -0.15) is 4.31 Å². The van der Waals surface area contributed by atoms with E-state index in [1.807, 2.05) is 6.92 Å². The average molecular weight is 440 g/mol.